The zero-order valence-electron chi connectivity index (χ0n) is 20.3. The summed E-state index contributed by atoms with van der Waals surface area (Å²) >= 11 is 6.32. The van der Waals surface area contributed by atoms with Crippen LogP contribution in [-0.2, 0) is 10.0 Å². The van der Waals surface area contributed by atoms with Crippen LogP contribution in [0.3, 0.4) is 0 Å². The third kappa shape index (κ3) is 6.16. The van der Waals surface area contributed by atoms with Gasteiger partial charge in [0.2, 0.25) is 16.0 Å². The molecule has 1 aliphatic rings. The van der Waals surface area contributed by atoms with Gasteiger partial charge in [-0.1, -0.05) is 23.7 Å². The smallest absolute Gasteiger partial charge is 0.242 e. The minimum Gasteiger partial charge on any atom is -0.492 e. The summed E-state index contributed by atoms with van der Waals surface area (Å²) < 4.78 is 39.1. The van der Waals surface area contributed by atoms with Crippen molar-refractivity contribution in [1.82, 2.24) is 19.6 Å². The number of nitrogens with zero attached hydrogens (tertiary/aromatic N) is 3. The molecule has 0 unspecified atom stereocenters. The molecular weight excluding hydrogens is 504 g/mol. The van der Waals surface area contributed by atoms with Crippen LogP contribution in [0.1, 0.15) is 13.3 Å². The van der Waals surface area contributed by atoms with Gasteiger partial charge in [-0.05, 0) is 51.7 Å². The maximum Gasteiger partial charge on any atom is 0.242 e. The molecule has 0 saturated carbocycles. The molecular formula is C24H29ClN6O4S. The molecule has 4 rings (SSSR count). The summed E-state index contributed by atoms with van der Waals surface area (Å²) in [6, 6.07) is 12.0. The highest BCUT2D eigenvalue weighted by Gasteiger charge is 2.22. The highest BCUT2D eigenvalue weighted by atomic mass is 35.5. The molecule has 12 heteroatoms. The highest BCUT2D eigenvalue weighted by molar-refractivity contribution is 7.89. The van der Waals surface area contributed by atoms with Crippen LogP contribution in [0.2, 0.25) is 5.02 Å². The van der Waals surface area contributed by atoms with Crippen molar-refractivity contribution >= 4 is 44.8 Å². The van der Waals surface area contributed by atoms with Crippen molar-refractivity contribution in [3.63, 3.8) is 0 Å². The van der Waals surface area contributed by atoms with Gasteiger partial charge in [0, 0.05) is 19.2 Å². The van der Waals surface area contributed by atoms with Crippen LogP contribution >= 0.6 is 11.6 Å². The number of likely N-dealkylation sites (N-methyl/N-ethyl adjacent to an activating group) is 1. The van der Waals surface area contributed by atoms with Crippen molar-refractivity contribution in [1.29, 1.82) is 0 Å². The Morgan fingerprint density at radius 3 is 2.69 bits per heavy atom. The van der Waals surface area contributed by atoms with Gasteiger partial charge in [-0.2, -0.15) is 4.98 Å². The predicted octanol–water partition coefficient (Wildman–Crippen LogP) is 4.01. The average molecular weight is 533 g/mol. The van der Waals surface area contributed by atoms with E-state index in [1.165, 1.54) is 19.3 Å². The van der Waals surface area contributed by atoms with Crippen LogP contribution in [-0.4, -0.2) is 63.2 Å². The van der Waals surface area contributed by atoms with Crippen molar-refractivity contribution < 1.29 is 17.9 Å². The van der Waals surface area contributed by atoms with Crippen LogP contribution in [0, 0.1) is 0 Å². The van der Waals surface area contributed by atoms with Crippen LogP contribution in [0.15, 0.2) is 53.6 Å². The van der Waals surface area contributed by atoms with Crippen LogP contribution in [0.4, 0.5) is 23.1 Å². The van der Waals surface area contributed by atoms with Gasteiger partial charge in [-0.25, -0.2) is 18.1 Å². The first-order chi connectivity index (χ1) is 17.3. The third-order valence-corrected chi connectivity index (χ3v) is 7.34. The van der Waals surface area contributed by atoms with Gasteiger partial charge in [0.05, 0.1) is 24.2 Å². The van der Waals surface area contributed by atoms with E-state index in [2.05, 4.69) is 37.3 Å². The van der Waals surface area contributed by atoms with Gasteiger partial charge in [0.15, 0.2) is 5.82 Å². The fourth-order valence-electron chi connectivity index (χ4n) is 3.81. The summed E-state index contributed by atoms with van der Waals surface area (Å²) in [7, 11) is -0.264. The molecule has 0 spiro atoms. The first kappa shape index (κ1) is 26.0. The van der Waals surface area contributed by atoms with Gasteiger partial charge < -0.3 is 25.0 Å². The van der Waals surface area contributed by atoms with E-state index in [-0.39, 0.29) is 27.8 Å². The second-order valence-corrected chi connectivity index (χ2v) is 10.5. The molecule has 1 atom stereocenters. The fourth-order valence-corrected chi connectivity index (χ4v) is 4.84. The second kappa shape index (κ2) is 11.3. The number of ether oxygens (including phenoxy) is 2. The molecule has 36 heavy (non-hydrogen) atoms. The molecule has 1 saturated heterocycles. The van der Waals surface area contributed by atoms with Crippen LogP contribution in [0.5, 0.6) is 11.5 Å². The molecule has 10 nitrogen and oxygen atoms in total. The summed E-state index contributed by atoms with van der Waals surface area (Å²) in [6.45, 7) is 4.27. The number of hydrogen-bond donors (Lipinski definition) is 3. The van der Waals surface area contributed by atoms with Crippen LogP contribution < -0.4 is 24.8 Å². The van der Waals surface area contributed by atoms with E-state index in [1.54, 1.807) is 18.2 Å². The molecule has 0 radical (unpaired) electrons. The number of halogens is 1. The third-order valence-electron chi connectivity index (χ3n) is 5.59. The van der Waals surface area contributed by atoms with Crippen molar-refractivity contribution in [2.24, 2.45) is 0 Å². The molecule has 1 aromatic heterocycles. The summed E-state index contributed by atoms with van der Waals surface area (Å²) in [6.07, 6.45) is 2.56. The van der Waals surface area contributed by atoms with Crippen LogP contribution in [0.25, 0.3) is 0 Å². The largest absolute Gasteiger partial charge is 0.492 e. The minimum atomic E-state index is -3.69. The van der Waals surface area contributed by atoms with Crippen molar-refractivity contribution in [3.8, 4) is 11.5 Å². The Morgan fingerprint density at radius 1 is 1.17 bits per heavy atom. The van der Waals surface area contributed by atoms with E-state index >= 15 is 0 Å². The van der Waals surface area contributed by atoms with E-state index < -0.39 is 10.0 Å². The number of rotatable bonds is 10. The molecule has 3 N–H and O–H groups in total. The monoisotopic (exact) mass is 532 g/mol. The van der Waals surface area contributed by atoms with E-state index in [9.17, 15) is 8.42 Å². The number of benzene rings is 2. The number of aromatic nitrogens is 2. The SMILES string of the molecule is CCOc1cc(O[C@@H]2CCN(C)C2)ccc1Nc1ncc(Cl)c(Nc2ccccc2S(=O)(=O)NC)n1. The zero-order chi connectivity index (χ0) is 25.7. The van der Waals surface area contributed by atoms with E-state index in [4.69, 9.17) is 21.1 Å². The van der Waals surface area contributed by atoms with Crippen molar-refractivity contribution in [3.05, 3.63) is 53.7 Å². The van der Waals surface area contributed by atoms with E-state index in [0.29, 0.717) is 23.7 Å². The summed E-state index contributed by atoms with van der Waals surface area (Å²) in [5.74, 6) is 1.82. The fraction of sp³-hybridized carbons (Fsp3) is 0.333. The Labute approximate surface area is 216 Å². The van der Waals surface area contributed by atoms with Gasteiger partial charge in [0.1, 0.15) is 27.5 Å². The lowest BCUT2D eigenvalue weighted by Crippen LogP contribution is -2.21. The van der Waals surface area contributed by atoms with E-state index in [1.807, 2.05) is 25.1 Å². The number of anilines is 4. The molecule has 0 amide bonds. The maximum absolute atomic E-state index is 12.4. The number of para-hydroxylation sites is 1. The van der Waals surface area contributed by atoms with Crippen molar-refractivity contribution in [2.45, 2.75) is 24.3 Å². The maximum atomic E-state index is 12.4. The zero-order valence-corrected chi connectivity index (χ0v) is 21.9. The molecule has 2 heterocycles. The van der Waals surface area contributed by atoms with Crippen molar-refractivity contribution in [2.75, 3.05) is 44.4 Å². The number of hydrogen-bond acceptors (Lipinski definition) is 9. The lowest BCUT2D eigenvalue weighted by molar-refractivity contribution is 0.207. The number of likely N-dealkylation sites (tertiary alicyclic amines) is 1. The molecule has 192 valence electrons. The first-order valence-electron chi connectivity index (χ1n) is 11.5. The Bertz CT molecular complexity index is 1320. The molecule has 2 aromatic carbocycles. The summed E-state index contributed by atoms with van der Waals surface area (Å²) in [5.41, 5.74) is 0.978. The lowest BCUT2D eigenvalue weighted by atomic mass is 10.2. The quantitative estimate of drug-likeness (QED) is 0.356. The normalized spacial score (nSPS) is 16.1. The molecule has 1 aliphatic heterocycles. The predicted molar refractivity (Wildman–Crippen MR) is 140 cm³/mol. The molecule has 0 aliphatic carbocycles. The van der Waals surface area contributed by atoms with E-state index in [0.717, 1.165) is 25.3 Å². The molecule has 3 aromatic rings. The second-order valence-electron chi connectivity index (χ2n) is 8.23. The topological polar surface area (TPSA) is 118 Å². The van der Waals surface area contributed by atoms with Gasteiger partial charge in [0.25, 0.3) is 0 Å². The Morgan fingerprint density at radius 2 is 1.97 bits per heavy atom. The highest BCUT2D eigenvalue weighted by Crippen LogP contribution is 2.34. The van der Waals surface area contributed by atoms with Gasteiger partial charge in [-0.15, -0.1) is 0 Å². The Balaban J connectivity index is 1.57. The minimum absolute atomic E-state index is 0.0689. The Kier molecular flexibility index (Phi) is 8.14. The Hall–Kier alpha value is -3.12. The summed E-state index contributed by atoms with van der Waals surface area (Å²) in [4.78, 5) is 11.0. The number of sulfonamides is 1. The standard InChI is InChI=1S/C24H29ClN6O4S/c1-4-34-21-13-16(35-17-11-12-31(3)15-17)9-10-19(21)29-24-27-14-18(25)23(30-24)28-20-7-5-6-8-22(20)36(32,33)26-2/h5-10,13-14,17,26H,4,11-12,15H2,1-3H3,(H2,27,28,29,30)/t17-/m1/s1. The summed E-state index contributed by atoms with van der Waals surface area (Å²) in [5, 5.41) is 6.39. The molecule has 0 bridgehead atoms. The number of nitrogens with one attached hydrogen (secondary N) is 3. The van der Waals surface area contributed by atoms with Gasteiger partial charge in [-0.3, -0.25) is 0 Å². The lowest BCUT2D eigenvalue weighted by Gasteiger charge is -2.17. The average Bonchev–Trinajstić information content (AvgIpc) is 3.27. The van der Waals surface area contributed by atoms with Gasteiger partial charge >= 0.3 is 0 Å². The molecule has 1 fully saturated rings. The first-order valence-corrected chi connectivity index (χ1v) is 13.4.